The summed E-state index contributed by atoms with van der Waals surface area (Å²) in [6, 6.07) is 1.62. The van der Waals surface area contributed by atoms with E-state index in [1.54, 1.807) is 0 Å². The van der Waals surface area contributed by atoms with Gasteiger partial charge in [0.25, 0.3) is 5.91 Å². The molecule has 1 aliphatic rings. The summed E-state index contributed by atoms with van der Waals surface area (Å²) in [5.74, 6) is -2.26. The van der Waals surface area contributed by atoms with Crippen molar-refractivity contribution in [2.75, 3.05) is 19.6 Å². The highest BCUT2D eigenvalue weighted by Gasteiger charge is 2.15. The summed E-state index contributed by atoms with van der Waals surface area (Å²) in [6.45, 7) is 2.16. The van der Waals surface area contributed by atoms with E-state index in [1.165, 1.54) is 5.57 Å². The third-order valence-electron chi connectivity index (χ3n) is 3.14. The van der Waals surface area contributed by atoms with Crippen molar-refractivity contribution in [1.82, 2.24) is 10.6 Å². The first kappa shape index (κ1) is 14.9. The molecule has 108 valence electrons. The van der Waals surface area contributed by atoms with E-state index in [2.05, 4.69) is 16.7 Å². The van der Waals surface area contributed by atoms with Gasteiger partial charge in [-0.15, -0.1) is 0 Å². The Morgan fingerprint density at radius 1 is 1.35 bits per heavy atom. The topological polar surface area (TPSA) is 41.1 Å². The molecule has 1 aliphatic heterocycles. The second-order valence-electron chi connectivity index (χ2n) is 4.57. The number of hydrogen-bond acceptors (Lipinski definition) is 2. The minimum Gasteiger partial charge on any atom is -0.352 e. The van der Waals surface area contributed by atoms with E-state index in [-0.39, 0.29) is 10.6 Å². The van der Waals surface area contributed by atoms with Gasteiger partial charge in [-0.2, -0.15) is 0 Å². The van der Waals surface area contributed by atoms with Gasteiger partial charge < -0.3 is 10.6 Å². The van der Waals surface area contributed by atoms with Crippen LogP contribution in [0.15, 0.2) is 23.8 Å². The summed E-state index contributed by atoms with van der Waals surface area (Å²) in [6.07, 6.45) is 3.74. The van der Waals surface area contributed by atoms with E-state index in [4.69, 9.17) is 11.6 Å². The minimum atomic E-state index is -0.824. The van der Waals surface area contributed by atoms with Gasteiger partial charge in [-0.3, -0.25) is 4.79 Å². The molecule has 1 heterocycles. The summed E-state index contributed by atoms with van der Waals surface area (Å²) in [7, 11) is 0. The number of amides is 1. The predicted octanol–water partition coefficient (Wildman–Crippen LogP) is 2.66. The third kappa shape index (κ3) is 3.77. The average Bonchev–Trinajstić information content (AvgIpc) is 2.44. The number of benzene rings is 1. The van der Waals surface area contributed by atoms with Gasteiger partial charge in [0, 0.05) is 13.1 Å². The largest absolute Gasteiger partial charge is 0.352 e. The van der Waals surface area contributed by atoms with Crippen LogP contribution in [-0.2, 0) is 0 Å². The van der Waals surface area contributed by atoms with Gasteiger partial charge in [-0.25, -0.2) is 8.78 Å². The third-order valence-corrected chi connectivity index (χ3v) is 3.43. The van der Waals surface area contributed by atoms with Crippen LogP contribution in [-0.4, -0.2) is 25.5 Å². The zero-order chi connectivity index (χ0) is 14.5. The lowest BCUT2D eigenvalue weighted by molar-refractivity contribution is 0.0949. The Labute approximate surface area is 121 Å². The number of rotatable bonds is 4. The van der Waals surface area contributed by atoms with Crippen molar-refractivity contribution in [2.45, 2.75) is 12.8 Å². The zero-order valence-corrected chi connectivity index (χ0v) is 11.6. The number of carbonyl (C=O) groups excluding carboxylic acids is 1. The van der Waals surface area contributed by atoms with E-state index in [9.17, 15) is 13.6 Å². The monoisotopic (exact) mass is 300 g/mol. The molecule has 0 bridgehead atoms. The van der Waals surface area contributed by atoms with E-state index in [0.717, 1.165) is 31.6 Å². The molecule has 3 nitrogen and oxygen atoms in total. The molecule has 0 radical (unpaired) electrons. The molecular weight excluding hydrogens is 286 g/mol. The SMILES string of the molecule is O=C(NCCC1=CCNCC1)c1cc(F)c(Cl)cc1F. The van der Waals surface area contributed by atoms with Gasteiger partial charge in [-0.1, -0.05) is 23.3 Å². The Hall–Kier alpha value is -1.46. The fourth-order valence-corrected chi connectivity index (χ4v) is 2.18. The molecule has 0 aliphatic carbocycles. The summed E-state index contributed by atoms with van der Waals surface area (Å²) in [4.78, 5) is 11.8. The molecule has 0 atom stereocenters. The Morgan fingerprint density at radius 2 is 2.15 bits per heavy atom. The van der Waals surface area contributed by atoms with Crippen LogP contribution in [0.3, 0.4) is 0 Å². The van der Waals surface area contributed by atoms with Crippen LogP contribution in [0.5, 0.6) is 0 Å². The minimum absolute atomic E-state index is 0.328. The van der Waals surface area contributed by atoms with Crippen LogP contribution in [0.2, 0.25) is 5.02 Å². The van der Waals surface area contributed by atoms with Gasteiger partial charge in [0.05, 0.1) is 10.6 Å². The molecule has 0 unspecified atom stereocenters. The summed E-state index contributed by atoms with van der Waals surface area (Å²) >= 11 is 5.44. The first-order chi connectivity index (χ1) is 9.58. The molecule has 1 aromatic rings. The normalized spacial score (nSPS) is 14.8. The van der Waals surface area contributed by atoms with Crippen LogP contribution in [0.25, 0.3) is 0 Å². The van der Waals surface area contributed by atoms with Crippen molar-refractivity contribution < 1.29 is 13.6 Å². The zero-order valence-electron chi connectivity index (χ0n) is 10.8. The van der Waals surface area contributed by atoms with Crippen molar-refractivity contribution in [3.8, 4) is 0 Å². The molecule has 0 aromatic heterocycles. The molecule has 0 saturated carbocycles. The first-order valence-electron chi connectivity index (χ1n) is 6.39. The lowest BCUT2D eigenvalue weighted by atomic mass is 10.1. The van der Waals surface area contributed by atoms with Gasteiger partial charge in [0.2, 0.25) is 0 Å². The van der Waals surface area contributed by atoms with Gasteiger partial charge in [0.1, 0.15) is 11.6 Å². The van der Waals surface area contributed by atoms with Crippen LogP contribution in [0.4, 0.5) is 8.78 Å². The molecular formula is C14H15ClF2N2O. The molecule has 2 rings (SSSR count). The molecule has 6 heteroatoms. The van der Waals surface area contributed by atoms with E-state index >= 15 is 0 Å². The Morgan fingerprint density at radius 3 is 2.85 bits per heavy atom. The Balaban J connectivity index is 1.92. The van der Waals surface area contributed by atoms with Crippen LogP contribution < -0.4 is 10.6 Å². The lowest BCUT2D eigenvalue weighted by Crippen LogP contribution is -2.27. The molecule has 2 N–H and O–H groups in total. The smallest absolute Gasteiger partial charge is 0.254 e. The van der Waals surface area contributed by atoms with E-state index in [0.29, 0.717) is 13.0 Å². The van der Waals surface area contributed by atoms with Crippen molar-refractivity contribution in [1.29, 1.82) is 0 Å². The quantitative estimate of drug-likeness (QED) is 0.663. The number of hydrogen-bond donors (Lipinski definition) is 2. The van der Waals surface area contributed by atoms with Crippen LogP contribution >= 0.6 is 11.6 Å². The van der Waals surface area contributed by atoms with E-state index in [1.807, 2.05) is 0 Å². The first-order valence-corrected chi connectivity index (χ1v) is 6.77. The van der Waals surface area contributed by atoms with Gasteiger partial charge in [0.15, 0.2) is 0 Å². The molecule has 1 aromatic carbocycles. The number of carbonyl (C=O) groups is 1. The highest BCUT2D eigenvalue weighted by molar-refractivity contribution is 6.30. The second-order valence-corrected chi connectivity index (χ2v) is 4.98. The van der Waals surface area contributed by atoms with Gasteiger partial charge >= 0.3 is 0 Å². The van der Waals surface area contributed by atoms with Crippen LogP contribution in [0.1, 0.15) is 23.2 Å². The second kappa shape index (κ2) is 6.81. The standard InChI is InChI=1S/C14H15ClF2N2O/c15-11-8-12(16)10(7-13(11)17)14(20)19-6-3-9-1-4-18-5-2-9/h1,7-8,18H,2-6H2,(H,19,20). The van der Waals surface area contributed by atoms with Crippen molar-refractivity contribution in [3.05, 3.63) is 46.0 Å². The molecule has 0 fully saturated rings. The predicted molar refractivity (Wildman–Crippen MR) is 73.9 cm³/mol. The average molecular weight is 301 g/mol. The number of halogens is 3. The summed E-state index contributed by atoms with van der Waals surface area (Å²) in [5, 5.41) is 5.44. The molecule has 0 saturated heterocycles. The fourth-order valence-electron chi connectivity index (χ4n) is 2.03. The highest BCUT2D eigenvalue weighted by atomic mass is 35.5. The number of nitrogens with one attached hydrogen (secondary N) is 2. The molecule has 0 spiro atoms. The summed E-state index contributed by atoms with van der Waals surface area (Å²) < 4.78 is 26.8. The maximum Gasteiger partial charge on any atom is 0.254 e. The van der Waals surface area contributed by atoms with Crippen LogP contribution in [0, 0.1) is 11.6 Å². The highest BCUT2D eigenvalue weighted by Crippen LogP contribution is 2.19. The van der Waals surface area contributed by atoms with Crippen molar-refractivity contribution in [3.63, 3.8) is 0 Å². The Kier molecular flexibility index (Phi) is 5.09. The maximum atomic E-state index is 13.5. The summed E-state index contributed by atoms with van der Waals surface area (Å²) in [5.41, 5.74) is 0.929. The lowest BCUT2D eigenvalue weighted by Gasteiger charge is -2.14. The maximum absolute atomic E-state index is 13.5. The van der Waals surface area contributed by atoms with Crippen molar-refractivity contribution in [2.24, 2.45) is 0 Å². The molecule has 20 heavy (non-hydrogen) atoms. The van der Waals surface area contributed by atoms with E-state index < -0.39 is 17.5 Å². The Bertz CT molecular complexity index is 546. The fraction of sp³-hybridized carbons (Fsp3) is 0.357. The van der Waals surface area contributed by atoms with Gasteiger partial charge in [-0.05, 0) is 31.5 Å². The van der Waals surface area contributed by atoms with Crippen molar-refractivity contribution >= 4 is 17.5 Å². The molecule has 1 amide bonds.